The second kappa shape index (κ2) is 5.81. The van der Waals surface area contributed by atoms with E-state index < -0.39 is 0 Å². The van der Waals surface area contributed by atoms with Crippen LogP contribution in [0.15, 0.2) is 36.7 Å². The Morgan fingerprint density at radius 2 is 2.30 bits per heavy atom. The van der Waals surface area contributed by atoms with E-state index in [4.69, 9.17) is 16.3 Å². The van der Waals surface area contributed by atoms with Crippen molar-refractivity contribution in [3.63, 3.8) is 0 Å². The molecule has 0 spiro atoms. The summed E-state index contributed by atoms with van der Waals surface area (Å²) in [5, 5.41) is 4.18. The van der Waals surface area contributed by atoms with Crippen molar-refractivity contribution in [3.05, 3.63) is 58.4 Å². The Kier molecular flexibility index (Phi) is 3.90. The van der Waals surface area contributed by atoms with Crippen molar-refractivity contribution in [1.82, 2.24) is 10.3 Å². The van der Waals surface area contributed by atoms with Crippen molar-refractivity contribution in [2.75, 3.05) is 13.2 Å². The van der Waals surface area contributed by atoms with Crippen LogP contribution in [0.5, 0.6) is 5.75 Å². The van der Waals surface area contributed by atoms with E-state index in [9.17, 15) is 0 Å². The van der Waals surface area contributed by atoms with Crippen LogP contribution in [-0.4, -0.2) is 18.1 Å². The zero-order valence-electron chi connectivity index (χ0n) is 11.4. The Labute approximate surface area is 123 Å². The predicted molar refractivity (Wildman–Crippen MR) is 80.4 cm³/mol. The third kappa shape index (κ3) is 2.51. The average Bonchev–Trinajstić information content (AvgIpc) is 2.93. The van der Waals surface area contributed by atoms with Gasteiger partial charge in [-0.15, -0.1) is 0 Å². The highest BCUT2D eigenvalue weighted by molar-refractivity contribution is 6.31. The van der Waals surface area contributed by atoms with Crippen molar-refractivity contribution in [2.45, 2.75) is 19.4 Å². The van der Waals surface area contributed by atoms with Gasteiger partial charge in [-0.1, -0.05) is 30.7 Å². The fourth-order valence-corrected chi connectivity index (χ4v) is 2.85. The summed E-state index contributed by atoms with van der Waals surface area (Å²) >= 11 is 6.29. The van der Waals surface area contributed by atoms with Crippen LogP contribution < -0.4 is 10.1 Å². The topological polar surface area (TPSA) is 34.1 Å². The maximum absolute atomic E-state index is 6.29. The second-order valence-electron chi connectivity index (χ2n) is 4.85. The Morgan fingerprint density at radius 3 is 3.10 bits per heavy atom. The highest BCUT2D eigenvalue weighted by Crippen LogP contribution is 2.32. The van der Waals surface area contributed by atoms with E-state index in [0.29, 0.717) is 5.02 Å². The molecule has 20 heavy (non-hydrogen) atoms. The minimum absolute atomic E-state index is 0.0846. The molecule has 0 saturated heterocycles. The van der Waals surface area contributed by atoms with E-state index >= 15 is 0 Å². The van der Waals surface area contributed by atoms with Crippen molar-refractivity contribution in [2.24, 2.45) is 0 Å². The van der Waals surface area contributed by atoms with Gasteiger partial charge in [-0.05, 0) is 35.4 Å². The average molecular weight is 289 g/mol. The molecule has 1 aliphatic rings. The first kappa shape index (κ1) is 13.4. The molecule has 4 heteroatoms. The fourth-order valence-electron chi connectivity index (χ4n) is 2.62. The van der Waals surface area contributed by atoms with Crippen molar-refractivity contribution >= 4 is 11.6 Å². The molecule has 1 atom stereocenters. The molecular formula is C16H17ClN2O. The third-order valence-corrected chi connectivity index (χ3v) is 3.89. The number of ether oxygens (including phenoxy) is 1. The first-order valence-electron chi connectivity index (χ1n) is 6.88. The van der Waals surface area contributed by atoms with Crippen LogP contribution in [0.2, 0.25) is 5.02 Å². The molecule has 1 unspecified atom stereocenters. The summed E-state index contributed by atoms with van der Waals surface area (Å²) in [4.78, 5) is 4.06. The maximum Gasteiger partial charge on any atom is 0.122 e. The minimum Gasteiger partial charge on any atom is -0.493 e. The number of nitrogens with one attached hydrogen (secondary N) is 1. The first-order valence-corrected chi connectivity index (χ1v) is 7.26. The summed E-state index contributed by atoms with van der Waals surface area (Å²) < 4.78 is 5.57. The van der Waals surface area contributed by atoms with Crippen LogP contribution >= 0.6 is 11.6 Å². The molecule has 0 radical (unpaired) electrons. The summed E-state index contributed by atoms with van der Waals surface area (Å²) in [6, 6.07) is 8.43. The van der Waals surface area contributed by atoms with E-state index in [1.54, 1.807) is 12.4 Å². The SMILES string of the molecule is CCNC(c1ccc2c(c1)CCO2)c1ccncc1Cl. The van der Waals surface area contributed by atoms with E-state index in [1.165, 1.54) is 11.1 Å². The normalized spacial score (nSPS) is 14.7. The van der Waals surface area contributed by atoms with Gasteiger partial charge in [-0.3, -0.25) is 4.98 Å². The molecule has 0 aliphatic carbocycles. The molecule has 0 saturated carbocycles. The molecule has 0 fully saturated rings. The smallest absolute Gasteiger partial charge is 0.122 e. The molecule has 1 aliphatic heterocycles. The van der Waals surface area contributed by atoms with E-state index in [1.807, 2.05) is 6.07 Å². The van der Waals surface area contributed by atoms with Crippen LogP contribution in [0.25, 0.3) is 0 Å². The highest BCUT2D eigenvalue weighted by Gasteiger charge is 2.19. The van der Waals surface area contributed by atoms with Gasteiger partial charge in [0.15, 0.2) is 0 Å². The van der Waals surface area contributed by atoms with Crippen molar-refractivity contribution < 1.29 is 4.74 Å². The van der Waals surface area contributed by atoms with E-state index in [0.717, 1.165) is 30.9 Å². The standard InChI is InChI=1S/C16H17ClN2O/c1-2-19-16(13-5-7-18-10-14(13)17)12-3-4-15-11(9-12)6-8-20-15/h3-5,7,9-10,16,19H,2,6,8H2,1H3. The van der Waals surface area contributed by atoms with Gasteiger partial charge in [-0.2, -0.15) is 0 Å². The molecule has 1 aromatic heterocycles. The number of nitrogens with zero attached hydrogens (tertiary/aromatic N) is 1. The predicted octanol–water partition coefficient (Wildman–Crippen LogP) is 3.37. The molecule has 0 bridgehead atoms. The molecule has 2 aromatic rings. The van der Waals surface area contributed by atoms with Crippen molar-refractivity contribution in [3.8, 4) is 5.75 Å². The fraction of sp³-hybridized carbons (Fsp3) is 0.312. The molecule has 0 amide bonds. The molecular weight excluding hydrogens is 272 g/mol. The highest BCUT2D eigenvalue weighted by atomic mass is 35.5. The number of rotatable bonds is 4. The van der Waals surface area contributed by atoms with Crippen LogP contribution in [0.1, 0.15) is 29.7 Å². The number of benzene rings is 1. The van der Waals surface area contributed by atoms with Gasteiger partial charge >= 0.3 is 0 Å². The summed E-state index contributed by atoms with van der Waals surface area (Å²) in [6.45, 7) is 3.75. The molecule has 104 valence electrons. The summed E-state index contributed by atoms with van der Waals surface area (Å²) in [7, 11) is 0. The second-order valence-corrected chi connectivity index (χ2v) is 5.26. The van der Waals surface area contributed by atoms with Crippen LogP contribution in [0.4, 0.5) is 0 Å². The minimum atomic E-state index is 0.0846. The lowest BCUT2D eigenvalue weighted by Gasteiger charge is -2.20. The number of fused-ring (bicyclic) bond motifs is 1. The maximum atomic E-state index is 6.29. The molecule has 2 heterocycles. The number of aromatic nitrogens is 1. The Morgan fingerprint density at radius 1 is 1.40 bits per heavy atom. The lowest BCUT2D eigenvalue weighted by atomic mass is 9.97. The number of halogens is 1. The molecule has 3 nitrogen and oxygen atoms in total. The van der Waals surface area contributed by atoms with E-state index in [2.05, 4.69) is 35.4 Å². The van der Waals surface area contributed by atoms with Gasteiger partial charge in [0.2, 0.25) is 0 Å². The quantitative estimate of drug-likeness (QED) is 0.937. The number of pyridine rings is 1. The van der Waals surface area contributed by atoms with Gasteiger partial charge in [-0.25, -0.2) is 0 Å². The van der Waals surface area contributed by atoms with Gasteiger partial charge in [0.1, 0.15) is 5.75 Å². The lowest BCUT2D eigenvalue weighted by molar-refractivity contribution is 0.357. The van der Waals surface area contributed by atoms with E-state index in [-0.39, 0.29) is 6.04 Å². The Hall–Kier alpha value is -1.58. The van der Waals surface area contributed by atoms with Gasteiger partial charge in [0.25, 0.3) is 0 Å². The summed E-state index contributed by atoms with van der Waals surface area (Å²) in [5.74, 6) is 1.00. The van der Waals surface area contributed by atoms with Gasteiger partial charge < -0.3 is 10.1 Å². The molecule has 1 aromatic carbocycles. The molecule has 3 rings (SSSR count). The Bertz CT molecular complexity index is 615. The van der Waals surface area contributed by atoms with Gasteiger partial charge in [0.05, 0.1) is 17.7 Å². The summed E-state index contributed by atoms with van der Waals surface area (Å²) in [6.07, 6.45) is 4.45. The Balaban J connectivity index is 2.01. The lowest BCUT2D eigenvalue weighted by Crippen LogP contribution is -2.22. The van der Waals surface area contributed by atoms with Crippen molar-refractivity contribution in [1.29, 1.82) is 0 Å². The summed E-state index contributed by atoms with van der Waals surface area (Å²) in [5.41, 5.74) is 3.54. The third-order valence-electron chi connectivity index (χ3n) is 3.57. The molecule has 1 N–H and O–H groups in total. The first-order chi connectivity index (χ1) is 9.79. The number of hydrogen-bond acceptors (Lipinski definition) is 3. The van der Waals surface area contributed by atoms with Crippen LogP contribution in [0.3, 0.4) is 0 Å². The van der Waals surface area contributed by atoms with Crippen LogP contribution in [0, 0.1) is 0 Å². The monoisotopic (exact) mass is 288 g/mol. The van der Waals surface area contributed by atoms with Crippen LogP contribution in [-0.2, 0) is 6.42 Å². The zero-order valence-corrected chi connectivity index (χ0v) is 12.2. The zero-order chi connectivity index (χ0) is 13.9. The largest absolute Gasteiger partial charge is 0.493 e. The number of hydrogen-bond donors (Lipinski definition) is 1. The van der Waals surface area contributed by atoms with Gasteiger partial charge in [0, 0.05) is 18.8 Å².